The maximum Gasteiger partial charge on any atom is 0.128 e. The number of likely N-dealkylation sites (tertiary alicyclic amines) is 1. The Kier molecular flexibility index (Phi) is 3.43. The van der Waals surface area contributed by atoms with Gasteiger partial charge in [-0.3, -0.25) is 4.90 Å². The highest BCUT2D eigenvalue weighted by Crippen LogP contribution is 2.38. The van der Waals surface area contributed by atoms with Crippen LogP contribution < -0.4 is 0 Å². The molecule has 4 heteroatoms. The lowest BCUT2D eigenvalue weighted by Gasteiger charge is -2.18. The zero-order chi connectivity index (χ0) is 12.7. The second-order valence-corrected chi connectivity index (χ2v) is 6.41. The van der Waals surface area contributed by atoms with E-state index >= 15 is 0 Å². The largest absolute Gasteiger partial charge is 0.393 e. The van der Waals surface area contributed by atoms with E-state index in [2.05, 4.69) is 20.8 Å². The highest BCUT2D eigenvalue weighted by atomic mass is 79.9. The van der Waals surface area contributed by atoms with Crippen molar-refractivity contribution in [2.45, 2.75) is 25.5 Å². The zero-order valence-electron chi connectivity index (χ0n) is 10.1. The van der Waals surface area contributed by atoms with Crippen molar-refractivity contribution in [2.75, 3.05) is 13.1 Å². The molecule has 3 rings (SSSR count). The van der Waals surface area contributed by atoms with Crippen LogP contribution in [0.25, 0.3) is 0 Å². The number of hydrogen-bond acceptors (Lipinski definition) is 2. The van der Waals surface area contributed by atoms with Gasteiger partial charge in [-0.2, -0.15) is 0 Å². The lowest BCUT2D eigenvalue weighted by Crippen LogP contribution is -2.24. The molecule has 2 nitrogen and oxygen atoms in total. The van der Waals surface area contributed by atoms with E-state index in [1.54, 1.807) is 0 Å². The normalized spacial score (nSPS) is 31.8. The van der Waals surface area contributed by atoms with Crippen LogP contribution in [0.2, 0.25) is 0 Å². The predicted octanol–water partition coefficient (Wildman–Crippen LogP) is 2.79. The van der Waals surface area contributed by atoms with Gasteiger partial charge in [0.05, 0.1) is 6.10 Å². The maximum atomic E-state index is 13.8. The third-order valence-corrected chi connectivity index (χ3v) is 4.80. The highest BCUT2D eigenvalue weighted by Gasteiger charge is 2.41. The van der Waals surface area contributed by atoms with Crippen molar-refractivity contribution >= 4 is 15.9 Å². The Morgan fingerprint density at radius 2 is 2.17 bits per heavy atom. The van der Waals surface area contributed by atoms with Gasteiger partial charge < -0.3 is 5.11 Å². The molecule has 1 aromatic rings. The molecular formula is C14H17BrFNO. The molecule has 0 radical (unpaired) electrons. The Hall–Kier alpha value is -0.450. The lowest BCUT2D eigenvalue weighted by molar-refractivity contribution is 0.123. The van der Waals surface area contributed by atoms with Gasteiger partial charge >= 0.3 is 0 Å². The van der Waals surface area contributed by atoms with Crippen LogP contribution >= 0.6 is 15.9 Å². The van der Waals surface area contributed by atoms with Gasteiger partial charge in [0.15, 0.2) is 0 Å². The van der Waals surface area contributed by atoms with Gasteiger partial charge in [-0.15, -0.1) is 0 Å². The van der Waals surface area contributed by atoms with Crippen LogP contribution in [0.3, 0.4) is 0 Å². The van der Waals surface area contributed by atoms with Gasteiger partial charge in [0.2, 0.25) is 0 Å². The average Bonchev–Trinajstić information content (AvgIpc) is 2.86. The fourth-order valence-corrected chi connectivity index (χ4v) is 3.68. The number of benzene rings is 1. The fraction of sp³-hybridized carbons (Fsp3) is 0.571. The molecule has 2 aliphatic rings. The molecule has 0 spiro atoms. The first-order valence-corrected chi connectivity index (χ1v) is 7.27. The first kappa shape index (κ1) is 12.6. The van der Waals surface area contributed by atoms with Crippen LogP contribution in [0.1, 0.15) is 18.4 Å². The van der Waals surface area contributed by atoms with Crippen LogP contribution in [-0.4, -0.2) is 29.2 Å². The summed E-state index contributed by atoms with van der Waals surface area (Å²) in [6.45, 7) is 2.55. The lowest BCUT2D eigenvalue weighted by atomic mass is 10.00. The Morgan fingerprint density at radius 3 is 2.89 bits per heavy atom. The first-order chi connectivity index (χ1) is 8.63. The van der Waals surface area contributed by atoms with Crippen LogP contribution in [0.5, 0.6) is 0 Å². The SMILES string of the molecule is OC1CCC2CN(Cc3ccc(Br)cc3F)CC12. The number of hydrogen-bond donors (Lipinski definition) is 1. The van der Waals surface area contributed by atoms with Gasteiger partial charge in [-0.1, -0.05) is 22.0 Å². The quantitative estimate of drug-likeness (QED) is 0.907. The van der Waals surface area contributed by atoms with Gasteiger partial charge in [0.1, 0.15) is 5.82 Å². The van der Waals surface area contributed by atoms with Crippen LogP contribution in [-0.2, 0) is 6.54 Å². The van der Waals surface area contributed by atoms with E-state index in [0.717, 1.165) is 36.0 Å². The Balaban J connectivity index is 1.68. The molecule has 2 fully saturated rings. The summed E-state index contributed by atoms with van der Waals surface area (Å²) in [6, 6.07) is 5.23. The van der Waals surface area contributed by atoms with E-state index in [4.69, 9.17) is 0 Å². The van der Waals surface area contributed by atoms with Gasteiger partial charge in [-0.05, 0) is 30.9 Å². The molecule has 1 aliphatic carbocycles. The monoisotopic (exact) mass is 313 g/mol. The van der Waals surface area contributed by atoms with E-state index < -0.39 is 0 Å². The summed E-state index contributed by atoms with van der Waals surface area (Å²) in [5.74, 6) is 0.865. The van der Waals surface area contributed by atoms with Gasteiger partial charge in [0.25, 0.3) is 0 Å². The molecule has 18 heavy (non-hydrogen) atoms. The third kappa shape index (κ3) is 2.33. The molecule has 0 bridgehead atoms. The molecule has 0 aromatic heterocycles. The molecule has 1 aliphatic heterocycles. The Morgan fingerprint density at radius 1 is 1.33 bits per heavy atom. The molecule has 3 unspecified atom stereocenters. The molecule has 1 N–H and O–H groups in total. The van der Waals surface area contributed by atoms with Crippen molar-refractivity contribution < 1.29 is 9.50 Å². The fourth-order valence-electron chi connectivity index (χ4n) is 3.35. The molecular weight excluding hydrogens is 297 g/mol. The smallest absolute Gasteiger partial charge is 0.128 e. The van der Waals surface area contributed by atoms with Crippen LogP contribution in [0.4, 0.5) is 4.39 Å². The standard InChI is InChI=1S/C14H17BrFNO/c15-11-3-1-10(13(16)5-11)7-17-6-9-2-4-14(18)12(9)8-17/h1,3,5,9,12,14,18H,2,4,6-8H2. The topological polar surface area (TPSA) is 23.5 Å². The van der Waals surface area contributed by atoms with Crippen LogP contribution in [0, 0.1) is 17.7 Å². The average molecular weight is 314 g/mol. The summed E-state index contributed by atoms with van der Waals surface area (Å²) in [5, 5.41) is 9.87. The summed E-state index contributed by atoms with van der Waals surface area (Å²) < 4.78 is 14.5. The second kappa shape index (κ2) is 4.91. The summed E-state index contributed by atoms with van der Waals surface area (Å²) in [4.78, 5) is 2.27. The second-order valence-electron chi connectivity index (χ2n) is 5.50. The number of nitrogens with zero attached hydrogens (tertiary/aromatic N) is 1. The van der Waals surface area contributed by atoms with Crippen molar-refractivity contribution in [2.24, 2.45) is 11.8 Å². The van der Waals surface area contributed by atoms with Gasteiger partial charge in [-0.25, -0.2) is 4.39 Å². The van der Waals surface area contributed by atoms with E-state index in [-0.39, 0.29) is 11.9 Å². The van der Waals surface area contributed by atoms with E-state index in [1.165, 1.54) is 6.07 Å². The number of halogens is 2. The molecule has 1 heterocycles. The molecule has 98 valence electrons. The Bertz CT molecular complexity index is 453. The highest BCUT2D eigenvalue weighted by molar-refractivity contribution is 9.10. The molecule has 0 amide bonds. The van der Waals surface area contributed by atoms with Crippen molar-refractivity contribution in [3.63, 3.8) is 0 Å². The van der Waals surface area contributed by atoms with E-state index in [0.29, 0.717) is 18.4 Å². The van der Waals surface area contributed by atoms with E-state index in [9.17, 15) is 9.50 Å². The van der Waals surface area contributed by atoms with E-state index in [1.807, 2.05) is 12.1 Å². The number of fused-ring (bicyclic) bond motifs is 1. The predicted molar refractivity (Wildman–Crippen MR) is 71.6 cm³/mol. The number of aliphatic hydroxyl groups excluding tert-OH is 1. The minimum absolute atomic E-state index is 0.144. The molecule has 1 saturated heterocycles. The molecule has 3 atom stereocenters. The van der Waals surface area contributed by atoms with Crippen molar-refractivity contribution in [1.82, 2.24) is 4.90 Å². The van der Waals surface area contributed by atoms with Gasteiger partial charge in [0, 0.05) is 35.6 Å². The summed E-state index contributed by atoms with van der Waals surface area (Å²) in [5.41, 5.74) is 0.743. The minimum Gasteiger partial charge on any atom is -0.393 e. The summed E-state index contributed by atoms with van der Waals surface area (Å²) >= 11 is 3.27. The third-order valence-electron chi connectivity index (χ3n) is 4.30. The molecule has 1 aromatic carbocycles. The molecule has 1 saturated carbocycles. The van der Waals surface area contributed by atoms with Crippen LogP contribution in [0.15, 0.2) is 22.7 Å². The minimum atomic E-state index is -0.151. The van der Waals surface area contributed by atoms with Crippen molar-refractivity contribution in [3.05, 3.63) is 34.1 Å². The Labute approximate surface area is 115 Å². The number of rotatable bonds is 2. The summed E-state index contributed by atoms with van der Waals surface area (Å²) in [6.07, 6.45) is 1.91. The first-order valence-electron chi connectivity index (χ1n) is 6.48. The zero-order valence-corrected chi connectivity index (χ0v) is 11.7. The maximum absolute atomic E-state index is 13.8. The van der Waals surface area contributed by atoms with Crippen molar-refractivity contribution in [1.29, 1.82) is 0 Å². The number of aliphatic hydroxyl groups is 1. The van der Waals surface area contributed by atoms with Crippen molar-refractivity contribution in [3.8, 4) is 0 Å². The summed E-state index contributed by atoms with van der Waals surface area (Å²) in [7, 11) is 0.